The molecule has 1 aliphatic rings. The molecular formula is C10H17N3O4S2. The van der Waals surface area contributed by atoms with Crippen LogP contribution in [0.5, 0.6) is 0 Å². The van der Waals surface area contributed by atoms with Crippen molar-refractivity contribution in [2.75, 3.05) is 44.2 Å². The monoisotopic (exact) mass is 307 g/mol. The summed E-state index contributed by atoms with van der Waals surface area (Å²) >= 11 is 1.03. The minimum atomic E-state index is -3.40. The fourth-order valence-electron chi connectivity index (χ4n) is 1.97. The van der Waals surface area contributed by atoms with E-state index in [9.17, 15) is 8.42 Å². The summed E-state index contributed by atoms with van der Waals surface area (Å²) in [5.41, 5.74) is 5.18. The smallest absolute Gasteiger partial charge is 0.182 e. The second-order valence-corrected chi connectivity index (χ2v) is 7.27. The number of hydrogen-bond donors (Lipinski definition) is 2. The average molecular weight is 307 g/mol. The Hall–Kier alpha value is -0.900. The fraction of sp³-hybridized carbons (Fsp3) is 0.700. The van der Waals surface area contributed by atoms with Crippen molar-refractivity contribution in [3.8, 4) is 0 Å². The molecule has 1 aromatic rings. The van der Waals surface area contributed by atoms with Gasteiger partial charge in [0.1, 0.15) is 15.5 Å². The van der Waals surface area contributed by atoms with Gasteiger partial charge in [0.05, 0.1) is 6.61 Å². The summed E-state index contributed by atoms with van der Waals surface area (Å²) in [7, 11) is -1.78. The molecule has 1 atom stereocenters. The van der Waals surface area contributed by atoms with Crippen LogP contribution in [-0.4, -0.2) is 51.5 Å². The molecule has 3 N–H and O–H groups in total. The molecule has 0 aliphatic carbocycles. The van der Waals surface area contributed by atoms with Gasteiger partial charge in [-0.2, -0.15) is 4.37 Å². The van der Waals surface area contributed by atoms with E-state index < -0.39 is 15.4 Å². The van der Waals surface area contributed by atoms with Gasteiger partial charge < -0.3 is 20.5 Å². The Morgan fingerprint density at radius 2 is 2.37 bits per heavy atom. The van der Waals surface area contributed by atoms with E-state index in [1.807, 2.05) is 0 Å². The number of nitrogens with zero attached hydrogens (tertiary/aromatic N) is 1. The van der Waals surface area contributed by atoms with Gasteiger partial charge in [0.15, 0.2) is 15.7 Å². The van der Waals surface area contributed by atoms with Crippen molar-refractivity contribution in [1.29, 1.82) is 0 Å². The lowest BCUT2D eigenvalue weighted by Gasteiger charge is -2.26. The number of rotatable bonds is 5. The van der Waals surface area contributed by atoms with Crippen molar-refractivity contribution in [3.63, 3.8) is 0 Å². The number of anilines is 2. The molecule has 1 aliphatic heterocycles. The van der Waals surface area contributed by atoms with Crippen molar-refractivity contribution in [1.82, 2.24) is 4.37 Å². The van der Waals surface area contributed by atoms with Crippen molar-refractivity contribution in [3.05, 3.63) is 0 Å². The molecule has 0 saturated carbocycles. The number of ether oxygens (including phenoxy) is 2. The van der Waals surface area contributed by atoms with Crippen LogP contribution in [0, 0.1) is 0 Å². The van der Waals surface area contributed by atoms with Crippen LogP contribution in [0.4, 0.5) is 10.8 Å². The van der Waals surface area contributed by atoms with Crippen LogP contribution in [0.25, 0.3) is 0 Å². The van der Waals surface area contributed by atoms with Crippen molar-refractivity contribution < 1.29 is 17.9 Å². The van der Waals surface area contributed by atoms with Gasteiger partial charge in [-0.1, -0.05) is 0 Å². The van der Waals surface area contributed by atoms with Crippen molar-refractivity contribution in [2.45, 2.75) is 16.9 Å². The van der Waals surface area contributed by atoms with E-state index in [0.717, 1.165) is 24.2 Å². The maximum atomic E-state index is 11.7. The normalized spacial score (nSPS) is 23.7. The Morgan fingerprint density at radius 3 is 2.89 bits per heavy atom. The van der Waals surface area contributed by atoms with E-state index in [1.54, 1.807) is 7.11 Å². The lowest BCUT2D eigenvalue weighted by atomic mass is 10.0. The van der Waals surface area contributed by atoms with Crippen LogP contribution in [0.1, 0.15) is 6.42 Å². The Balaban J connectivity index is 2.17. The van der Waals surface area contributed by atoms with Crippen molar-refractivity contribution in [2.24, 2.45) is 0 Å². The topological polar surface area (TPSA) is 104 Å². The average Bonchev–Trinajstić information content (AvgIpc) is 2.93. The molecule has 0 amide bonds. The summed E-state index contributed by atoms with van der Waals surface area (Å²) in [6.07, 6.45) is 1.88. The molecule has 1 fully saturated rings. The van der Waals surface area contributed by atoms with Crippen LogP contribution < -0.4 is 11.1 Å². The first-order chi connectivity index (χ1) is 8.88. The van der Waals surface area contributed by atoms with Gasteiger partial charge in [0.2, 0.25) is 0 Å². The van der Waals surface area contributed by atoms with E-state index in [0.29, 0.717) is 24.8 Å². The maximum absolute atomic E-state index is 11.7. The Kier molecular flexibility index (Phi) is 4.00. The van der Waals surface area contributed by atoms with Crippen LogP contribution in [0.2, 0.25) is 0 Å². The second kappa shape index (κ2) is 5.23. The zero-order valence-corrected chi connectivity index (χ0v) is 12.4. The molecule has 1 saturated heterocycles. The zero-order valence-electron chi connectivity index (χ0n) is 10.8. The molecule has 0 radical (unpaired) electrons. The highest BCUT2D eigenvalue weighted by Gasteiger charge is 2.35. The van der Waals surface area contributed by atoms with Crippen molar-refractivity contribution >= 4 is 32.2 Å². The van der Waals surface area contributed by atoms with Gasteiger partial charge in [-0.15, -0.1) is 0 Å². The molecule has 1 aromatic heterocycles. The molecule has 7 nitrogen and oxygen atoms in total. The number of nitrogens with one attached hydrogen (secondary N) is 1. The molecule has 1 unspecified atom stereocenters. The van der Waals surface area contributed by atoms with E-state index in [1.165, 1.54) is 0 Å². The van der Waals surface area contributed by atoms with Gasteiger partial charge >= 0.3 is 0 Å². The van der Waals surface area contributed by atoms with Gasteiger partial charge in [0.25, 0.3) is 0 Å². The summed E-state index contributed by atoms with van der Waals surface area (Å²) in [5.74, 6) is 0.0316. The summed E-state index contributed by atoms with van der Waals surface area (Å²) in [4.78, 5) is 0.0580. The highest BCUT2D eigenvalue weighted by molar-refractivity contribution is 7.91. The van der Waals surface area contributed by atoms with Gasteiger partial charge in [-0.25, -0.2) is 8.42 Å². The number of hydrogen-bond acceptors (Lipinski definition) is 8. The molecule has 0 bridgehead atoms. The van der Waals surface area contributed by atoms with Crippen LogP contribution in [0.15, 0.2) is 4.90 Å². The lowest BCUT2D eigenvalue weighted by Crippen LogP contribution is -2.39. The molecule has 2 rings (SSSR count). The Morgan fingerprint density at radius 1 is 1.63 bits per heavy atom. The standard InChI is InChI=1S/C10H17N3O4S2/c1-16-10(3-4-17-6-10)5-12-9-7(19(2,14)15)8(11)13-18-9/h12H,3-6H2,1-2H3,(H2,11,13). The maximum Gasteiger partial charge on any atom is 0.182 e. The van der Waals surface area contributed by atoms with E-state index >= 15 is 0 Å². The third kappa shape index (κ3) is 2.99. The quantitative estimate of drug-likeness (QED) is 0.808. The molecule has 0 aromatic carbocycles. The SMILES string of the molecule is COC1(CNc2snc(N)c2S(C)(=O)=O)CCOC1. The van der Waals surface area contributed by atoms with Gasteiger partial charge in [-0.05, 0) is 11.5 Å². The summed E-state index contributed by atoms with van der Waals surface area (Å²) in [6.45, 7) is 1.58. The summed E-state index contributed by atoms with van der Waals surface area (Å²) < 4.78 is 38.0. The Labute approximate surface area is 116 Å². The lowest BCUT2D eigenvalue weighted by molar-refractivity contribution is -0.00618. The first-order valence-electron chi connectivity index (χ1n) is 5.70. The minimum absolute atomic E-state index is 0.0316. The number of nitrogens with two attached hydrogens (primary N) is 1. The molecular weight excluding hydrogens is 290 g/mol. The third-order valence-electron chi connectivity index (χ3n) is 3.12. The molecule has 9 heteroatoms. The molecule has 2 heterocycles. The largest absolute Gasteiger partial charge is 0.382 e. The van der Waals surface area contributed by atoms with E-state index in [-0.39, 0.29) is 10.7 Å². The van der Waals surface area contributed by atoms with E-state index in [4.69, 9.17) is 15.2 Å². The van der Waals surface area contributed by atoms with Crippen LogP contribution in [0.3, 0.4) is 0 Å². The predicted molar refractivity (Wildman–Crippen MR) is 73.3 cm³/mol. The highest BCUT2D eigenvalue weighted by Crippen LogP contribution is 2.32. The zero-order chi connectivity index (χ0) is 14.1. The molecule has 0 spiro atoms. The number of methoxy groups -OCH3 is 1. The molecule has 19 heavy (non-hydrogen) atoms. The summed E-state index contributed by atoms with van der Waals surface area (Å²) in [5, 5.41) is 3.51. The van der Waals surface area contributed by atoms with Crippen LogP contribution >= 0.6 is 11.5 Å². The first kappa shape index (κ1) is 14.5. The highest BCUT2D eigenvalue weighted by atomic mass is 32.2. The Bertz CT molecular complexity index is 549. The summed E-state index contributed by atoms with van der Waals surface area (Å²) in [6, 6.07) is 0. The fourth-order valence-corrected chi connectivity index (χ4v) is 4.03. The minimum Gasteiger partial charge on any atom is -0.382 e. The number of sulfone groups is 1. The first-order valence-corrected chi connectivity index (χ1v) is 8.36. The second-order valence-electron chi connectivity index (χ2n) is 4.54. The number of nitrogen functional groups attached to an aromatic ring is 1. The number of aromatic nitrogens is 1. The third-order valence-corrected chi connectivity index (χ3v) is 5.22. The van der Waals surface area contributed by atoms with Gasteiger partial charge in [0, 0.05) is 32.9 Å². The van der Waals surface area contributed by atoms with Gasteiger partial charge in [-0.3, -0.25) is 0 Å². The van der Waals surface area contributed by atoms with E-state index in [2.05, 4.69) is 9.69 Å². The molecule has 108 valence electrons. The predicted octanol–water partition coefficient (Wildman–Crippen LogP) is 0.346. The van der Waals surface area contributed by atoms with Crippen LogP contribution in [-0.2, 0) is 19.3 Å².